The molecule has 1 aromatic rings. The van der Waals surface area contributed by atoms with E-state index >= 15 is 0 Å². The third kappa shape index (κ3) is 4.43. The Kier molecular flexibility index (Phi) is 4.11. The van der Waals surface area contributed by atoms with Crippen molar-refractivity contribution in [2.75, 3.05) is 5.32 Å². The first-order chi connectivity index (χ1) is 7.79. The van der Waals surface area contributed by atoms with Crippen molar-refractivity contribution in [3.8, 4) is 0 Å². The molecule has 0 atom stereocenters. The zero-order valence-corrected chi connectivity index (χ0v) is 9.19. The number of carboxylic acids is 1. The van der Waals surface area contributed by atoms with Gasteiger partial charge >= 0.3 is 12.1 Å². The molecule has 8 heteroatoms. The van der Waals surface area contributed by atoms with E-state index in [1.54, 1.807) is 0 Å². The monoisotopic (exact) mass is 267 g/mol. The second kappa shape index (κ2) is 5.17. The molecule has 2 N–H and O–H groups in total. The molecule has 0 saturated heterocycles. The molecule has 1 rings (SSSR count). The molecule has 0 unspecified atom stereocenters. The molecule has 0 aromatic carbocycles. The molecule has 1 heterocycles. The molecule has 0 saturated carbocycles. The van der Waals surface area contributed by atoms with Crippen LogP contribution in [0.1, 0.15) is 22.5 Å². The summed E-state index contributed by atoms with van der Waals surface area (Å²) in [5.74, 6) is -2.09. The number of thiophene rings is 1. The fraction of sp³-hybridized carbons (Fsp3) is 0.333. The summed E-state index contributed by atoms with van der Waals surface area (Å²) in [5.41, 5.74) is 0.0228. The van der Waals surface area contributed by atoms with Gasteiger partial charge in [0.05, 0.1) is 12.1 Å². The van der Waals surface area contributed by atoms with Crippen molar-refractivity contribution in [1.82, 2.24) is 0 Å². The molecule has 0 spiro atoms. The number of aromatic carboxylic acids is 1. The van der Waals surface area contributed by atoms with Gasteiger partial charge in [0.15, 0.2) is 0 Å². The van der Waals surface area contributed by atoms with E-state index in [0.717, 1.165) is 11.3 Å². The van der Waals surface area contributed by atoms with Gasteiger partial charge in [0.2, 0.25) is 5.91 Å². The van der Waals surface area contributed by atoms with Crippen molar-refractivity contribution >= 4 is 28.9 Å². The second-order valence-corrected chi connectivity index (χ2v) is 4.05. The van der Waals surface area contributed by atoms with Crippen molar-refractivity contribution < 1.29 is 27.9 Å². The Morgan fingerprint density at radius 3 is 2.59 bits per heavy atom. The highest BCUT2D eigenvalue weighted by molar-refractivity contribution is 7.12. The highest BCUT2D eigenvalue weighted by Gasteiger charge is 2.28. The predicted molar refractivity (Wildman–Crippen MR) is 55.2 cm³/mol. The highest BCUT2D eigenvalue weighted by atomic mass is 32.1. The standard InChI is InChI=1S/C9H8F3NO3S/c10-9(11,12)3-1-6(14)13-5-2-4-17-7(5)8(15)16/h2,4H,1,3H2,(H,13,14)(H,15,16). The van der Waals surface area contributed by atoms with Gasteiger partial charge in [-0.2, -0.15) is 13.2 Å². The van der Waals surface area contributed by atoms with Gasteiger partial charge in [-0.05, 0) is 11.4 Å². The maximum Gasteiger partial charge on any atom is 0.389 e. The first kappa shape index (κ1) is 13.5. The van der Waals surface area contributed by atoms with E-state index in [2.05, 4.69) is 5.32 Å². The predicted octanol–water partition coefficient (Wildman–Crippen LogP) is 2.73. The number of anilines is 1. The maximum absolute atomic E-state index is 11.8. The Morgan fingerprint density at radius 1 is 1.41 bits per heavy atom. The van der Waals surface area contributed by atoms with Crippen LogP contribution in [0.15, 0.2) is 11.4 Å². The van der Waals surface area contributed by atoms with Gasteiger partial charge in [0.1, 0.15) is 4.88 Å². The number of hydrogen-bond acceptors (Lipinski definition) is 3. The van der Waals surface area contributed by atoms with Gasteiger partial charge in [0, 0.05) is 6.42 Å². The van der Waals surface area contributed by atoms with E-state index in [1.807, 2.05) is 0 Å². The normalized spacial score (nSPS) is 11.2. The number of nitrogens with one attached hydrogen (secondary N) is 1. The average molecular weight is 267 g/mol. The SMILES string of the molecule is O=C(CCC(F)(F)F)Nc1ccsc1C(=O)O. The molecule has 4 nitrogen and oxygen atoms in total. The molecular formula is C9H8F3NO3S. The molecule has 0 aliphatic rings. The van der Waals surface area contributed by atoms with E-state index in [1.165, 1.54) is 11.4 Å². The lowest BCUT2D eigenvalue weighted by Gasteiger charge is -2.06. The van der Waals surface area contributed by atoms with Crippen LogP contribution in [0.2, 0.25) is 0 Å². The van der Waals surface area contributed by atoms with Crippen molar-refractivity contribution in [3.05, 3.63) is 16.3 Å². The lowest BCUT2D eigenvalue weighted by Crippen LogP contribution is -2.17. The fourth-order valence-electron chi connectivity index (χ4n) is 1.04. The summed E-state index contributed by atoms with van der Waals surface area (Å²) in [5, 5.41) is 12.3. The Labute approximate surface area is 98.1 Å². The van der Waals surface area contributed by atoms with Crippen molar-refractivity contribution in [2.45, 2.75) is 19.0 Å². The summed E-state index contributed by atoms with van der Waals surface area (Å²) in [6.45, 7) is 0. The third-order valence-electron chi connectivity index (χ3n) is 1.77. The summed E-state index contributed by atoms with van der Waals surface area (Å²) < 4.78 is 35.5. The van der Waals surface area contributed by atoms with Crippen LogP contribution in [0.4, 0.5) is 18.9 Å². The first-order valence-electron chi connectivity index (χ1n) is 4.47. The van der Waals surface area contributed by atoms with Crippen LogP contribution in [-0.2, 0) is 4.79 Å². The molecule has 0 aliphatic carbocycles. The number of amides is 1. The molecule has 1 amide bonds. The molecule has 0 bridgehead atoms. The molecular weight excluding hydrogens is 259 g/mol. The molecule has 0 radical (unpaired) electrons. The van der Waals surface area contributed by atoms with Crippen LogP contribution >= 0.6 is 11.3 Å². The topological polar surface area (TPSA) is 66.4 Å². The lowest BCUT2D eigenvalue weighted by molar-refractivity contribution is -0.142. The Balaban J connectivity index is 2.57. The number of carboxylic acid groups (broad SMARTS) is 1. The van der Waals surface area contributed by atoms with Gasteiger partial charge < -0.3 is 10.4 Å². The summed E-state index contributed by atoms with van der Waals surface area (Å²) in [4.78, 5) is 21.7. The number of carbonyl (C=O) groups is 2. The van der Waals surface area contributed by atoms with E-state index in [9.17, 15) is 22.8 Å². The van der Waals surface area contributed by atoms with Gasteiger partial charge in [0.25, 0.3) is 0 Å². The minimum Gasteiger partial charge on any atom is -0.477 e. The molecule has 17 heavy (non-hydrogen) atoms. The number of rotatable bonds is 4. The van der Waals surface area contributed by atoms with E-state index in [-0.39, 0.29) is 10.6 Å². The van der Waals surface area contributed by atoms with E-state index in [4.69, 9.17) is 5.11 Å². The van der Waals surface area contributed by atoms with Gasteiger partial charge in [-0.25, -0.2) is 4.79 Å². The Bertz CT molecular complexity index is 427. The summed E-state index contributed by atoms with van der Waals surface area (Å²) in [6, 6.07) is 1.33. The summed E-state index contributed by atoms with van der Waals surface area (Å²) in [6.07, 6.45) is -6.36. The maximum atomic E-state index is 11.8. The second-order valence-electron chi connectivity index (χ2n) is 3.13. The van der Waals surface area contributed by atoms with Crippen LogP contribution < -0.4 is 5.32 Å². The Morgan fingerprint density at radius 2 is 2.06 bits per heavy atom. The minimum atomic E-state index is -4.40. The Hall–Kier alpha value is -1.57. The highest BCUT2D eigenvalue weighted by Crippen LogP contribution is 2.24. The van der Waals surface area contributed by atoms with E-state index < -0.39 is 30.9 Å². The zero-order chi connectivity index (χ0) is 13.1. The number of carbonyl (C=O) groups excluding carboxylic acids is 1. The number of alkyl halides is 3. The largest absolute Gasteiger partial charge is 0.477 e. The molecule has 0 aliphatic heterocycles. The molecule has 0 fully saturated rings. The van der Waals surface area contributed by atoms with E-state index in [0.29, 0.717) is 0 Å². The fourth-order valence-corrected chi connectivity index (χ4v) is 1.73. The number of halogens is 3. The minimum absolute atomic E-state index is 0.0228. The van der Waals surface area contributed by atoms with Crippen molar-refractivity contribution in [3.63, 3.8) is 0 Å². The van der Waals surface area contributed by atoms with Crippen LogP contribution in [0.5, 0.6) is 0 Å². The summed E-state index contributed by atoms with van der Waals surface area (Å²) >= 11 is 0.887. The lowest BCUT2D eigenvalue weighted by atomic mass is 10.3. The van der Waals surface area contributed by atoms with Crippen LogP contribution in [0.25, 0.3) is 0 Å². The van der Waals surface area contributed by atoms with Crippen LogP contribution in [0.3, 0.4) is 0 Å². The quantitative estimate of drug-likeness (QED) is 0.881. The van der Waals surface area contributed by atoms with Crippen molar-refractivity contribution in [2.24, 2.45) is 0 Å². The van der Waals surface area contributed by atoms with Gasteiger partial charge in [-0.15, -0.1) is 11.3 Å². The smallest absolute Gasteiger partial charge is 0.389 e. The van der Waals surface area contributed by atoms with Gasteiger partial charge in [-0.3, -0.25) is 4.79 Å². The van der Waals surface area contributed by atoms with Crippen LogP contribution in [0, 0.1) is 0 Å². The van der Waals surface area contributed by atoms with Crippen molar-refractivity contribution in [1.29, 1.82) is 0 Å². The average Bonchev–Trinajstić information content (AvgIpc) is 2.62. The zero-order valence-electron chi connectivity index (χ0n) is 8.37. The van der Waals surface area contributed by atoms with Gasteiger partial charge in [-0.1, -0.05) is 0 Å². The van der Waals surface area contributed by atoms with Crippen LogP contribution in [-0.4, -0.2) is 23.2 Å². The number of hydrogen-bond donors (Lipinski definition) is 2. The molecule has 94 valence electrons. The first-order valence-corrected chi connectivity index (χ1v) is 5.35. The summed E-state index contributed by atoms with van der Waals surface area (Å²) in [7, 11) is 0. The third-order valence-corrected chi connectivity index (χ3v) is 2.67. The molecule has 1 aromatic heterocycles.